The zero-order valence-electron chi connectivity index (χ0n) is 9.07. The molecule has 0 radical (unpaired) electrons. The molecule has 17 heavy (non-hydrogen) atoms. The second kappa shape index (κ2) is 4.79. The average molecular weight is 241 g/mol. The van der Waals surface area contributed by atoms with Crippen LogP contribution in [0.25, 0.3) is 0 Å². The molecule has 0 spiro atoms. The summed E-state index contributed by atoms with van der Waals surface area (Å²) in [5.74, 6) is -0.985. The van der Waals surface area contributed by atoms with Crippen LogP contribution in [0.3, 0.4) is 0 Å². The molecule has 0 heterocycles. The number of hydrogen-bond acceptors (Lipinski definition) is 2. The number of nitrogens with one attached hydrogen (secondary N) is 1. The fourth-order valence-corrected chi connectivity index (χ4v) is 1.63. The van der Waals surface area contributed by atoms with Crippen LogP contribution in [0.2, 0.25) is 0 Å². The molecule has 1 saturated carbocycles. The minimum Gasteiger partial charge on any atom is -0.480 e. The standard InChI is InChI=1S/C12H13F2NO2/c13-11(14)8-3-1-7(2-4-8)10(12(16)17)15-9-5-6-9/h1-4,9-11,15H,5-6H2,(H,16,17). The van der Waals surface area contributed by atoms with Crippen molar-refractivity contribution in [1.29, 1.82) is 0 Å². The monoisotopic (exact) mass is 241 g/mol. The molecular formula is C12H13F2NO2. The second-order valence-electron chi connectivity index (χ2n) is 4.18. The molecule has 0 amide bonds. The van der Waals surface area contributed by atoms with Crippen LogP contribution in [-0.4, -0.2) is 17.1 Å². The number of hydrogen-bond donors (Lipinski definition) is 2. The van der Waals surface area contributed by atoms with Gasteiger partial charge in [-0.15, -0.1) is 0 Å². The first-order valence-corrected chi connectivity index (χ1v) is 5.45. The largest absolute Gasteiger partial charge is 0.480 e. The van der Waals surface area contributed by atoms with Crippen LogP contribution in [0.1, 0.15) is 36.4 Å². The summed E-state index contributed by atoms with van der Waals surface area (Å²) in [4.78, 5) is 11.1. The smallest absolute Gasteiger partial charge is 0.325 e. The highest BCUT2D eigenvalue weighted by Gasteiger charge is 2.29. The summed E-state index contributed by atoms with van der Waals surface area (Å²) in [7, 11) is 0. The lowest BCUT2D eigenvalue weighted by molar-refractivity contribution is -0.139. The summed E-state index contributed by atoms with van der Waals surface area (Å²) in [5, 5.41) is 12.0. The Hall–Kier alpha value is -1.49. The maximum absolute atomic E-state index is 12.3. The summed E-state index contributed by atoms with van der Waals surface area (Å²) < 4.78 is 24.7. The molecule has 2 N–H and O–H groups in total. The van der Waals surface area contributed by atoms with E-state index in [2.05, 4.69) is 5.32 Å². The molecule has 0 aliphatic heterocycles. The first kappa shape index (κ1) is 12.0. The summed E-state index contributed by atoms with van der Waals surface area (Å²) in [6, 6.07) is 4.85. The summed E-state index contributed by atoms with van der Waals surface area (Å²) in [6.45, 7) is 0. The third-order valence-electron chi connectivity index (χ3n) is 2.75. The highest BCUT2D eigenvalue weighted by Crippen LogP contribution is 2.26. The van der Waals surface area contributed by atoms with Gasteiger partial charge in [-0.1, -0.05) is 24.3 Å². The first-order chi connectivity index (χ1) is 8.08. The van der Waals surface area contributed by atoms with E-state index in [-0.39, 0.29) is 11.6 Å². The molecule has 0 saturated heterocycles. The van der Waals surface area contributed by atoms with E-state index in [0.29, 0.717) is 5.56 Å². The van der Waals surface area contributed by atoms with E-state index in [1.54, 1.807) is 0 Å². The van der Waals surface area contributed by atoms with E-state index < -0.39 is 18.4 Å². The average Bonchev–Trinajstić information content (AvgIpc) is 3.09. The SMILES string of the molecule is O=C(O)C(NC1CC1)c1ccc(C(F)F)cc1. The molecule has 1 fully saturated rings. The third kappa shape index (κ3) is 3.00. The molecule has 1 atom stereocenters. The zero-order chi connectivity index (χ0) is 12.4. The van der Waals surface area contributed by atoms with E-state index in [0.717, 1.165) is 12.8 Å². The van der Waals surface area contributed by atoms with Crippen LogP contribution < -0.4 is 5.32 Å². The Morgan fingerprint density at radius 1 is 1.24 bits per heavy atom. The van der Waals surface area contributed by atoms with Gasteiger partial charge in [0.2, 0.25) is 0 Å². The van der Waals surface area contributed by atoms with Crippen LogP contribution >= 0.6 is 0 Å². The van der Waals surface area contributed by atoms with Crippen molar-refractivity contribution in [2.75, 3.05) is 0 Å². The minimum atomic E-state index is -2.52. The van der Waals surface area contributed by atoms with Gasteiger partial charge in [0, 0.05) is 11.6 Å². The lowest BCUT2D eigenvalue weighted by Crippen LogP contribution is -2.30. The quantitative estimate of drug-likeness (QED) is 0.832. The van der Waals surface area contributed by atoms with Gasteiger partial charge in [-0.2, -0.15) is 0 Å². The van der Waals surface area contributed by atoms with E-state index in [1.165, 1.54) is 24.3 Å². The van der Waals surface area contributed by atoms with Crippen molar-refractivity contribution >= 4 is 5.97 Å². The number of carboxylic acid groups (broad SMARTS) is 1. The van der Waals surface area contributed by atoms with Crippen molar-refractivity contribution in [3.8, 4) is 0 Å². The molecule has 92 valence electrons. The number of alkyl halides is 2. The number of rotatable bonds is 5. The van der Waals surface area contributed by atoms with Crippen LogP contribution in [0.5, 0.6) is 0 Å². The van der Waals surface area contributed by atoms with Crippen LogP contribution in [0.15, 0.2) is 24.3 Å². The van der Waals surface area contributed by atoms with Gasteiger partial charge in [-0.05, 0) is 18.4 Å². The van der Waals surface area contributed by atoms with Gasteiger partial charge < -0.3 is 5.11 Å². The van der Waals surface area contributed by atoms with Gasteiger partial charge in [0.15, 0.2) is 0 Å². The van der Waals surface area contributed by atoms with E-state index in [4.69, 9.17) is 5.11 Å². The molecule has 0 aromatic heterocycles. The lowest BCUT2D eigenvalue weighted by atomic mass is 10.0. The highest BCUT2D eigenvalue weighted by atomic mass is 19.3. The Kier molecular flexibility index (Phi) is 3.38. The maximum atomic E-state index is 12.3. The van der Waals surface area contributed by atoms with Crippen molar-refractivity contribution in [2.45, 2.75) is 31.4 Å². The van der Waals surface area contributed by atoms with Gasteiger partial charge in [0.25, 0.3) is 6.43 Å². The van der Waals surface area contributed by atoms with Gasteiger partial charge >= 0.3 is 5.97 Å². The van der Waals surface area contributed by atoms with Crippen LogP contribution in [0, 0.1) is 0 Å². The lowest BCUT2D eigenvalue weighted by Gasteiger charge is -2.14. The summed E-state index contributed by atoms with van der Waals surface area (Å²) in [5.41, 5.74) is 0.415. The molecule has 1 aliphatic rings. The Morgan fingerprint density at radius 2 is 1.76 bits per heavy atom. The van der Waals surface area contributed by atoms with Crippen LogP contribution in [-0.2, 0) is 4.79 Å². The number of benzene rings is 1. The maximum Gasteiger partial charge on any atom is 0.325 e. The van der Waals surface area contributed by atoms with Crippen molar-refractivity contribution < 1.29 is 18.7 Å². The highest BCUT2D eigenvalue weighted by molar-refractivity contribution is 5.75. The third-order valence-corrected chi connectivity index (χ3v) is 2.75. The normalized spacial score (nSPS) is 17.1. The fraction of sp³-hybridized carbons (Fsp3) is 0.417. The topological polar surface area (TPSA) is 49.3 Å². The Balaban J connectivity index is 2.14. The van der Waals surface area contributed by atoms with Crippen molar-refractivity contribution in [1.82, 2.24) is 5.32 Å². The minimum absolute atomic E-state index is 0.0932. The van der Waals surface area contributed by atoms with E-state index >= 15 is 0 Å². The van der Waals surface area contributed by atoms with Crippen molar-refractivity contribution in [2.24, 2.45) is 0 Å². The molecule has 3 nitrogen and oxygen atoms in total. The molecule has 1 unspecified atom stereocenters. The Bertz CT molecular complexity index is 401. The van der Waals surface area contributed by atoms with Crippen molar-refractivity contribution in [3.63, 3.8) is 0 Å². The Morgan fingerprint density at radius 3 is 2.18 bits per heavy atom. The van der Waals surface area contributed by atoms with E-state index in [9.17, 15) is 13.6 Å². The predicted octanol–water partition coefficient (Wildman–Crippen LogP) is 2.50. The van der Waals surface area contributed by atoms with Gasteiger partial charge in [0.1, 0.15) is 6.04 Å². The fourth-order valence-electron chi connectivity index (χ4n) is 1.63. The number of aliphatic carboxylic acids is 1. The number of carbonyl (C=O) groups is 1. The van der Waals surface area contributed by atoms with Crippen LogP contribution in [0.4, 0.5) is 8.78 Å². The summed E-state index contributed by atoms with van der Waals surface area (Å²) in [6.07, 6.45) is -0.582. The van der Waals surface area contributed by atoms with E-state index in [1.807, 2.05) is 0 Å². The number of carboxylic acids is 1. The summed E-state index contributed by atoms with van der Waals surface area (Å²) >= 11 is 0. The molecule has 2 rings (SSSR count). The Labute approximate surface area is 97.5 Å². The van der Waals surface area contributed by atoms with Gasteiger partial charge in [0.05, 0.1) is 0 Å². The molecule has 0 bridgehead atoms. The van der Waals surface area contributed by atoms with Crippen molar-refractivity contribution in [3.05, 3.63) is 35.4 Å². The predicted molar refractivity (Wildman–Crippen MR) is 57.9 cm³/mol. The van der Waals surface area contributed by atoms with Gasteiger partial charge in [-0.3, -0.25) is 10.1 Å². The second-order valence-corrected chi connectivity index (χ2v) is 4.18. The molecule has 1 aliphatic carbocycles. The molecule has 1 aromatic carbocycles. The number of halogens is 2. The van der Waals surface area contributed by atoms with Gasteiger partial charge in [-0.25, -0.2) is 8.78 Å². The first-order valence-electron chi connectivity index (χ1n) is 5.45. The zero-order valence-corrected chi connectivity index (χ0v) is 9.07. The molecule has 1 aromatic rings. The molecule has 5 heteroatoms. The molecular weight excluding hydrogens is 228 g/mol.